The molecule has 1 amide bonds. The maximum Gasteiger partial charge on any atom is 0.304 e. The van der Waals surface area contributed by atoms with Crippen LogP contribution in [-0.4, -0.2) is 29.7 Å². The van der Waals surface area contributed by atoms with Crippen LogP contribution in [0.15, 0.2) is 18.2 Å². The van der Waals surface area contributed by atoms with Gasteiger partial charge in [0.05, 0.1) is 29.2 Å². The Hall–Kier alpha value is -1.30. The van der Waals surface area contributed by atoms with E-state index in [4.69, 9.17) is 33.0 Å². The predicted molar refractivity (Wildman–Crippen MR) is 79.8 cm³/mol. The molecule has 2 rings (SSSR count). The highest BCUT2D eigenvalue weighted by Gasteiger charge is 2.33. The molecule has 114 valence electrons. The van der Waals surface area contributed by atoms with E-state index in [9.17, 15) is 9.59 Å². The van der Waals surface area contributed by atoms with Crippen LogP contribution in [-0.2, 0) is 14.3 Å². The van der Waals surface area contributed by atoms with Crippen molar-refractivity contribution in [3.63, 3.8) is 0 Å². The number of rotatable bonds is 5. The molecule has 21 heavy (non-hydrogen) atoms. The van der Waals surface area contributed by atoms with E-state index in [1.54, 1.807) is 12.1 Å². The summed E-state index contributed by atoms with van der Waals surface area (Å²) in [5.41, 5.74) is 0.402. The Labute approximate surface area is 132 Å². The van der Waals surface area contributed by atoms with E-state index in [0.717, 1.165) is 6.42 Å². The van der Waals surface area contributed by atoms with E-state index in [1.807, 2.05) is 0 Å². The molecule has 1 heterocycles. The first-order valence-electron chi connectivity index (χ1n) is 6.56. The van der Waals surface area contributed by atoms with Crippen LogP contribution in [0.4, 0.5) is 5.69 Å². The molecule has 2 atom stereocenters. The highest BCUT2D eigenvalue weighted by Crippen LogP contribution is 2.28. The number of halogens is 2. The molecule has 5 nitrogen and oxygen atoms in total. The average molecular weight is 332 g/mol. The van der Waals surface area contributed by atoms with Crippen LogP contribution < -0.4 is 5.32 Å². The third-order valence-electron chi connectivity index (χ3n) is 3.33. The van der Waals surface area contributed by atoms with Crippen molar-refractivity contribution < 1.29 is 19.4 Å². The molecule has 1 aromatic carbocycles. The Bertz CT molecular complexity index is 544. The first-order chi connectivity index (χ1) is 9.97. The Morgan fingerprint density at radius 3 is 2.76 bits per heavy atom. The molecule has 1 aliphatic heterocycles. The van der Waals surface area contributed by atoms with E-state index in [-0.39, 0.29) is 12.5 Å². The van der Waals surface area contributed by atoms with Gasteiger partial charge in [0.15, 0.2) is 0 Å². The van der Waals surface area contributed by atoms with Crippen molar-refractivity contribution in [2.45, 2.75) is 25.4 Å². The molecule has 0 aliphatic carbocycles. The molecule has 0 saturated carbocycles. The van der Waals surface area contributed by atoms with Crippen molar-refractivity contribution in [2.75, 3.05) is 11.9 Å². The summed E-state index contributed by atoms with van der Waals surface area (Å²) in [6, 6.07) is 4.69. The summed E-state index contributed by atoms with van der Waals surface area (Å²) in [7, 11) is 0. The van der Waals surface area contributed by atoms with Crippen molar-refractivity contribution >= 4 is 40.8 Å². The number of ether oxygens (including phenoxy) is 1. The number of benzene rings is 1. The second kappa shape index (κ2) is 7.11. The van der Waals surface area contributed by atoms with Crippen LogP contribution in [0.1, 0.15) is 19.3 Å². The van der Waals surface area contributed by atoms with Gasteiger partial charge in [-0.1, -0.05) is 23.2 Å². The van der Waals surface area contributed by atoms with Gasteiger partial charge in [0, 0.05) is 11.6 Å². The molecule has 7 heteroatoms. The molecule has 0 spiro atoms. The number of carboxylic acids is 1. The lowest BCUT2D eigenvalue weighted by Gasteiger charge is -2.21. The number of carbonyl (C=O) groups is 2. The number of nitrogens with one attached hydrogen (secondary N) is 1. The quantitative estimate of drug-likeness (QED) is 0.868. The van der Waals surface area contributed by atoms with Crippen molar-refractivity contribution in [2.24, 2.45) is 5.92 Å². The van der Waals surface area contributed by atoms with Gasteiger partial charge in [-0.05, 0) is 31.0 Å². The molecule has 1 fully saturated rings. The number of amides is 1. The smallest absolute Gasteiger partial charge is 0.304 e. The Kier molecular flexibility index (Phi) is 5.45. The Balaban J connectivity index is 2.11. The zero-order chi connectivity index (χ0) is 15.4. The number of anilines is 1. The maximum atomic E-state index is 12.3. The van der Waals surface area contributed by atoms with Crippen LogP contribution in [0.5, 0.6) is 0 Å². The highest BCUT2D eigenvalue weighted by atomic mass is 35.5. The number of hydrogen-bond donors (Lipinski definition) is 2. The molecular weight excluding hydrogens is 317 g/mol. The molecule has 0 aromatic heterocycles. The summed E-state index contributed by atoms with van der Waals surface area (Å²) in [6.45, 7) is 0.551. The minimum absolute atomic E-state index is 0.276. The fourth-order valence-corrected chi connectivity index (χ4v) is 2.77. The topological polar surface area (TPSA) is 75.6 Å². The standard InChI is InChI=1S/C14H15Cl2NO4/c15-8-3-4-11(10(16)6-8)17-14(20)9(7-13(18)19)12-2-1-5-21-12/h3-4,6,9,12H,1-2,5,7H2,(H,17,20)(H,18,19)/t9-,12+/m1/s1. The van der Waals surface area contributed by atoms with Gasteiger partial charge in [-0.2, -0.15) is 0 Å². The van der Waals surface area contributed by atoms with Gasteiger partial charge in [0.2, 0.25) is 5.91 Å². The third kappa shape index (κ3) is 4.33. The van der Waals surface area contributed by atoms with Gasteiger partial charge in [0.1, 0.15) is 0 Å². The van der Waals surface area contributed by atoms with Crippen molar-refractivity contribution in [3.05, 3.63) is 28.2 Å². The monoisotopic (exact) mass is 331 g/mol. The summed E-state index contributed by atoms with van der Waals surface area (Å²) in [4.78, 5) is 23.3. The SMILES string of the molecule is O=C(O)C[C@@H](C(=O)Nc1ccc(Cl)cc1Cl)[C@@H]1CCCO1. The number of aliphatic carboxylic acids is 1. The summed E-state index contributed by atoms with van der Waals surface area (Å²) < 4.78 is 5.45. The predicted octanol–water partition coefficient (Wildman–Crippen LogP) is 3.20. The number of carbonyl (C=O) groups excluding carboxylic acids is 1. The zero-order valence-corrected chi connectivity index (χ0v) is 12.7. The fourth-order valence-electron chi connectivity index (χ4n) is 2.32. The van der Waals surface area contributed by atoms with Crippen molar-refractivity contribution in [3.8, 4) is 0 Å². The molecule has 1 aromatic rings. The molecule has 1 aliphatic rings. The first kappa shape index (κ1) is 16.1. The second-order valence-electron chi connectivity index (χ2n) is 4.87. The lowest BCUT2D eigenvalue weighted by atomic mass is 9.95. The highest BCUT2D eigenvalue weighted by molar-refractivity contribution is 6.36. The first-order valence-corrected chi connectivity index (χ1v) is 7.32. The fraction of sp³-hybridized carbons (Fsp3) is 0.429. The Morgan fingerprint density at radius 1 is 1.43 bits per heavy atom. The molecule has 0 radical (unpaired) electrons. The maximum absolute atomic E-state index is 12.3. The van der Waals surface area contributed by atoms with Gasteiger partial charge in [-0.3, -0.25) is 9.59 Å². The minimum Gasteiger partial charge on any atom is -0.481 e. The van der Waals surface area contributed by atoms with E-state index >= 15 is 0 Å². The lowest BCUT2D eigenvalue weighted by Crippen LogP contribution is -2.34. The largest absolute Gasteiger partial charge is 0.481 e. The molecule has 0 bridgehead atoms. The van der Waals surface area contributed by atoms with E-state index in [0.29, 0.717) is 28.8 Å². The molecule has 0 unspecified atom stereocenters. The van der Waals surface area contributed by atoms with Crippen molar-refractivity contribution in [1.29, 1.82) is 0 Å². The summed E-state index contributed by atoms with van der Waals surface area (Å²) in [5.74, 6) is -2.18. The normalized spacial score (nSPS) is 19.2. The van der Waals surface area contributed by atoms with Crippen LogP contribution in [0.2, 0.25) is 10.0 Å². The van der Waals surface area contributed by atoms with Gasteiger partial charge in [0.25, 0.3) is 0 Å². The lowest BCUT2D eigenvalue weighted by molar-refractivity contribution is -0.142. The number of hydrogen-bond acceptors (Lipinski definition) is 3. The minimum atomic E-state index is -1.03. The van der Waals surface area contributed by atoms with Crippen LogP contribution in [0.25, 0.3) is 0 Å². The summed E-state index contributed by atoms with van der Waals surface area (Å²) in [5, 5.41) is 12.4. The van der Waals surface area contributed by atoms with Gasteiger partial charge < -0.3 is 15.2 Å². The zero-order valence-electron chi connectivity index (χ0n) is 11.1. The molecular formula is C14H15Cl2NO4. The summed E-state index contributed by atoms with van der Waals surface area (Å²) >= 11 is 11.8. The summed E-state index contributed by atoms with van der Waals surface area (Å²) in [6.07, 6.45) is 0.865. The van der Waals surface area contributed by atoms with Crippen LogP contribution in [0, 0.1) is 5.92 Å². The Morgan fingerprint density at radius 2 is 2.19 bits per heavy atom. The van der Waals surface area contributed by atoms with Gasteiger partial charge in [-0.15, -0.1) is 0 Å². The molecule has 1 saturated heterocycles. The van der Waals surface area contributed by atoms with Crippen LogP contribution in [0.3, 0.4) is 0 Å². The van der Waals surface area contributed by atoms with E-state index in [1.165, 1.54) is 6.07 Å². The van der Waals surface area contributed by atoms with E-state index in [2.05, 4.69) is 5.32 Å². The van der Waals surface area contributed by atoms with E-state index < -0.39 is 17.8 Å². The van der Waals surface area contributed by atoms with Gasteiger partial charge >= 0.3 is 5.97 Å². The third-order valence-corrected chi connectivity index (χ3v) is 3.88. The second-order valence-corrected chi connectivity index (χ2v) is 5.71. The van der Waals surface area contributed by atoms with Gasteiger partial charge in [-0.25, -0.2) is 0 Å². The van der Waals surface area contributed by atoms with Crippen LogP contribution >= 0.6 is 23.2 Å². The molecule has 2 N–H and O–H groups in total. The van der Waals surface area contributed by atoms with Crippen molar-refractivity contribution in [1.82, 2.24) is 0 Å². The average Bonchev–Trinajstić information content (AvgIpc) is 2.92. The number of carboxylic acid groups (broad SMARTS) is 1.